The van der Waals surface area contributed by atoms with Crippen LogP contribution in [0.2, 0.25) is 0 Å². The number of nitrogens with one attached hydrogen (secondary N) is 3. The van der Waals surface area contributed by atoms with Gasteiger partial charge in [0.1, 0.15) is 0 Å². The molecule has 0 radical (unpaired) electrons. The first-order chi connectivity index (χ1) is 10.5. The summed E-state index contributed by atoms with van der Waals surface area (Å²) < 4.78 is 4.91. The number of hydrogen-bond acceptors (Lipinski definition) is 3. The van der Waals surface area contributed by atoms with Crippen molar-refractivity contribution in [3.8, 4) is 0 Å². The molecule has 0 unspecified atom stereocenters. The fourth-order valence-electron chi connectivity index (χ4n) is 1.64. The third kappa shape index (κ3) is 9.95. The number of aliphatic imine (C=N–C) groups is 1. The molecule has 0 aliphatic rings. The van der Waals surface area contributed by atoms with Crippen molar-refractivity contribution in [2.24, 2.45) is 10.7 Å². The second-order valence-electron chi connectivity index (χ2n) is 5.07. The van der Waals surface area contributed by atoms with E-state index in [9.17, 15) is 4.79 Å². The predicted octanol–water partition coefficient (Wildman–Crippen LogP) is 1.89. The van der Waals surface area contributed by atoms with Gasteiger partial charge in [-0.2, -0.15) is 0 Å². The second-order valence-corrected chi connectivity index (χ2v) is 5.07. The predicted molar refractivity (Wildman–Crippen MR) is 104 cm³/mol. The number of urea groups is 1. The van der Waals surface area contributed by atoms with Gasteiger partial charge in [-0.25, -0.2) is 9.79 Å². The highest BCUT2D eigenvalue weighted by Gasteiger charge is 2.03. The Hall–Kier alpha value is -1.55. The zero-order valence-corrected chi connectivity index (χ0v) is 16.1. The summed E-state index contributed by atoms with van der Waals surface area (Å²) in [4.78, 5) is 15.8. The number of nitrogens with two attached hydrogens (primary N) is 1. The zero-order chi connectivity index (χ0) is 16.4. The molecule has 1 rings (SSSR count). The topological polar surface area (TPSA) is 101 Å². The quantitative estimate of drug-likeness (QED) is 0.228. The Labute approximate surface area is 154 Å². The third-order valence-corrected chi connectivity index (χ3v) is 2.68. The molecule has 7 nitrogen and oxygen atoms in total. The van der Waals surface area contributed by atoms with Crippen LogP contribution in [-0.2, 0) is 11.3 Å². The van der Waals surface area contributed by atoms with Crippen LogP contribution in [-0.4, -0.2) is 38.3 Å². The highest BCUT2D eigenvalue weighted by molar-refractivity contribution is 14.0. The Kier molecular flexibility index (Phi) is 11.1. The average Bonchev–Trinajstić information content (AvgIpc) is 2.46. The van der Waals surface area contributed by atoms with Crippen molar-refractivity contribution < 1.29 is 9.53 Å². The first-order valence-corrected chi connectivity index (χ1v) is 7.20. The molecule has 1 aromatic rings. The summed E-state index contributed by atoms with van der Waals surface area (Å²) in [6.45, 7) is 5.50. The van der Waals surface area contributed by atoms with Crippen molar-refractivity contribution in [1.82, 2.24) is 10.6 Å². The lowest BCUT2D eigenvalue weighted by Gasteiger charge is -2.10. The van der Waals surface area contributed by atoms with Gasteiger partial charge in [0.15, 0.2) is 5.96 Å². The molecule has 8 heteroatoms. The summed E-state index contributed by atoms with van der Waals surface area (Å²) in [6, 6.07) is 7.35. The maximum absolute atomic E-state index is 11.6. The summed E-state index contributed by atoms with van der Waals surface area (Å²) in [6.07, 6.45) is 0. The van der Waals surface area contributed by atoms with Gasteiger partial charge in [-0.05, 0) is 31.5 Å². The highest BCUT2D eigenvalue weighted by atomic mass is 127. The molecule has 0 aromatic heterocycles. The van der Waals surface area contributed by atoms with Gasteiger partial charge in [0.25, 0.3) is 0 Å². The number of hydrogen-bond donors (Lipinski definition) is 4. The molecule has 0 bridgehead atoms. The van der Waals surface area contributed by atoms with Crippen LogP contribution in [0.4, 0.5) is 10.5 Å². The van der Waals surface area contributed by atoms with Crippen molar-refractivity contribution in [3.05, 3.63) is 29.8 Å². The van der Waals surface area contributed by atoms with E-state index < -0.39 is 0 Å². The van der Waals surface area contributed by atoms with E-state index in [0.29, 0.717) is 25.7 Å². The molecular weight excluding hydrogens is 409 g/mol. The molecule has 0 fully saturated rings. The minimum absolute atomic E-state index is 0. The normalized spacial score (nSPS) is 10.9. The highest BCUT2D eigenvalue weighted by Crippen LogP contribution is 2.10. The number of nitrogens with zero attached hydrogens (tertiary/aromatic N) is 1. The Morgan fingerprint density at radius 1 is 1.30 bits per heavy atom. The van der Waals surface area contributed by atoms with Crippen LogP contribution >= 0.6 is 24.0 Å². The average molecular weight is 435 g/mol. The molecule has 0 spiro atoms. The standard InChI is InChI=1S/C15H25N5O2.HI/c1-11(2)19-15(21)20-13-6-4-12(5-7-13)10-18-14(16)17-8-9-22-3;/h4-7,11H,8-10H2,1-3H3,(H3,16,17,18)(H2,19,20,21);1H. The number of ether oxygens (including phenoxy) is 1. The van der Waals surface area contributed by atoms with E-state index in [1.54, 1.807) is 7.11 Å². The molecule has 0 heterocycles. The number of rotatable bonds is 7. The molecule has 0 aliphatic heterocycles. The summed E-state index contributed by atoms with van der Waals surface area (Å²) in [5.41, 5.74) is 7.46. The monoisotopic (exact) mass is 435 g/mol. The van der Waals surface area contributed by atoms with Crippen LogP contribution in [0.15, 0.2) is 29.3 Å². The number of guanidine groups is 1. The molecule has 1 aromatic carbocycles. The van der Waals surface area contributed by atoms with Gasteiger partial charge in [0.2, 0.25) is 0 Å². The lowest BCUT2D eigenvalue weighted by Crippen LogP contribution is -2.34. The summed E-state index contributed by atoms with van der Waals surface area (Å²) in [5, 5.41) is 8.47. The smallest absolute Gasteiger partial charge is 0.319 e. The van der Waals surface area contributed by atoms with Crippen LogP contribution in [0.3, 0.4) is 0 Å². The van der Waals surface area contributed by atoms with Gasteiger partial charge >= 0.3 is 6.03 Å². The first kappa shape index (κ1) is 21.4. The molecule has 2 amide bonds. The Balaban J connectivity index is 0.00000484. The van der Waals surface area contributed by atoms with E-state index in [2.05, 4.69) is 20.9 Å². The number of halogens is 1. The van der Waals surface area contributed by atoms with E-state index in [1.807, 2.05) is 38.1 Å². The largest absolute Gasteiger partial charge is 0.383 e. The molecule has 5 N–H and O–H groups in total. The van der Waals surface area contributed by atoms with E-state index in [0.717, 1.165) is 11.3 Å². The SMILES string of the molecule is COCCNC(N)=NCc1ccc(NC(=O)NC(C)C)cc1.I. The third-order valence-electron chi connectivity index (χ3n) is 2.68. The molecular formula is C15H26IN5O2. The number of amides is 2. The van der Waals surface area contributed by atoms with Gasteiger partial charge in [-0.15, -0.1) is 24.0 Å². The maximum Gasteiger partial charge on any atom is 0.319 e. The van der Waals surface area contributed by atoms with E-state index >= 15 is 0 Å². The fraction of sp³-hybridized carbons (Fsp3) is 0.467. The minimum Gasteiger partial charge on any atom is -0.383 e. The van der Waals surface area contributed by atoms with Gasteiger partial charge in [0.05, 0.1) is 13.2 Å². The molecule has 0 aliphatic carbocycles. The molecule has 0 atom stereocenters. The van der Waals surface area contributed by atoms with Crippen molar-refractivity contribution in [3.63, 3.8) is 0 Å². The van der Waals surface area contributed by atoms with Crippen LogP contribution in [0, 0.1) is 0 Å². The summed E-state index contributed by atoms with van der Waals surface area (Å²) in [5.74, 6) is 0.385. The van der Waals surface area contributed by atoms with Gasteiger partial charge in [0, 0.05) is 25.4 Å². The number of carbonyl (C=O) groups excluding carboxylic acids is 1. The van der Waals surface area contributed by atoms with Crippen molar-refractivity contribution in [2.45, 2.75) is 26.4 Å². The van der Waals surface area contributed by atoms with E-state index in [1.165, 1.54) is 0 Å². The minimum atomic E-state index is -0.215. The maximum atomic E-state index is 11.6. The zero-order valence-electron chi connectivity index (χ0n) is 13.8. The van der Waals surface area contributed by atoms with Crippen LogP contribution in [0.5, 0.6) is 0 Å². The van der Waals surface area contributed by atoms with E-state index in [-0.39, 0.29) is 36.0 Å². The van der Waals surface area contributed by atoms with Gasteiger partial charge < -0.3 is 26.4 Å². The van der Waals surface area contributed by atoms with Crippen LogP contribution in [0.1, 0.15) is 19.4 Å². The molecule has 0 saturated carbocycles. The Bertz CT molecular complexity index is 491. The van der Waals surface area contributed by atoms with Crippen molar-refractivity contribution in [1.29, 1.82) is 0 Å². The summed E-state index contributed by atoms with van der Waals surface area (Å²) in [7, 11) is 1.63. The number of anilines is 1. The Morgan fingerprint density at radius 2 is 1.96 bits per heavy atom. The van der Waals surface area contributed by atoms with Gasteiger partial charge in [-0.1, -0.05) is 12.1 Å². The Morgan fingerprint density at radius 3 is 2.52 bits per heavy atom. The van der Waals surface area contributed by atoms with Crippen molar-refractivity contribution >= 4 is 41.7 Å². The van der Waals surface area contributed by atoms with Crippen LogP contribution < -0.4 is 21.7 Å². The van der Waals surface area contributed by atoms with Gasteiger partial charge in [-0.3, -0.25) is 0 Å². The second kappa shape index (κ2) is 11.9. The van der Waals surface area contributed by atoms with E-state index in [4.69, 9.17) is 10.5 Å². The molecule has 0 saturated heterocycles. The lowest BCUT2D eigenvalue weighted by atomic mass is 10.2. The summed E-state index contributed by atoms with van der Waals surface area (Å²) >= 11 is 0. The number of methoxy groups -OCH3 is 1. The molecule has 23 heavy (non-hydrogen) atoms. The number of benzene rings is 1. The van der Waals surface area contributed by atoms with Crippen LogP contribution in [0.25, 0.3) is 0 Å². The lowest BCUT2D eigenvalue weighted by molar-refractivity contribution is 0.204. The molecule has 130 valence electrons. The van der Waals surface area contributed by atoms with Crippen molar-refractivity contribution in [2.75, 3.05) is 25.6 Å². The number of carbonyl (C=O) groups is 1. The fourth-order valence-corrected chi connectivity index (χ4v) is 1.64. The first-order valence-electron chi connectivity index (χ1n) is 7.20.